The zero-order valence-electron chi connectivity index (χ0n) is 14.0. The Hall–Kier alpha value is -3.12. The molecule has 0 aliphatic heterocycles. The van der Waals surface area contributed by atoms with E-state index in [0.717, 1.165) is 0 Å². The maximum Gasteiger partial charge on any atom is 0.272 e. The summed E-state index contributed by atoms with van der Waals surface area (Å²) < 4.78 is 28.1. The molecule has 4 N–H and O–H groups in total. The maximum atomic E-state index is 13.4. The first-order valence-electron chi connectivity index (χ1n) is 7.95. The maximum absolute atomic E-state index is 13.4. The van der Waals surface area contributed by atoms with E-state index in [1.165, 1.54) is 10.9 Å². The van der Waals surface area contributed by atoms with Crippen molar-refractivity contribution in [1.29, 1.82) is 0 Å². The number of nitrogens with zero attached hydrogens (tertiary/aromatic N) is 3. The first-order chi connectivity index (χ1) is 12.8. The van der Waals surface area contributed by atoms with E-state index in [9.17, 15) is 13.6 Å². The van der Waals surface area contributed by atoms with E-state index in [-0.39, 0.29) is 23.5 Å². The van der Waals surface area contributed by atoms with Crippen LogP contribution >= 0.6 is 11.6 Å². The highest BCUT2D eigenvalue weighted by atomic mass is 35.5. The van der Waals surface area contributed by atoms with Gasteiger partial charge >= 0.3 is 0 Å². The van der Waals surface area contributed by atoms with E-state index in [1.807, 2.05) is 0 Å². The number of nitrogens with two attached hydrogens (primary N) is 1. The molecule has 4 rings (SSSR count). The van der Waals surface area contributed by atoms with Gasteiger partial charge in [-0.25, -0.2) is 8.78 Å². The number of anilines is 1. The molecule has 10 heteroatoms. The minimum Gasteiger partial charge on any atom is -0.371 e. The number of nitrogens with one attached hydrogen (secondary N) is 2. The zero-order chi connectivity index (χ0) is 19.3. The molecule has 1 aliphatic rings. The van der Waals surface area contributed by atoms with Gasteiger partial charge in [-0.2, -0.15) is 10.2 Å². The number of hydrogen-bond donors (Lipinski definition) is 3. The van der Waals surface area contributed by atoms with Gasteiger partial charge in [-0.15, -0.1) is 0 Å². The molecule has 1 unspecified atom stereocenters. The Labute approximate surface area is 156 Å². The van der Waals surface area contributed by atoms with Crippen molar-refractivity contribution in [2.75, 3.05) is 12.4 Å². The number of alkyl halides is 2. The molecular formula is C17H13ClF2N6O. The fourth-order valence-corrected chi connectivity index (χ4v) is 3.12. The molecule has 0 saturated heterocycles. The molecule has 27 heavy (non-hydrogen) atoms. The molecule has 2 aromatic heterocycles. The minimum atomic E-state index is -2.75. The zero-order valence-corrected chi connectivity index (χ0v) is 14.7. The predicted molar refractivity (Wildman–Crippen MR) is 96.0 cm³/mol. The highest BCUT2D eigenvalue weighted by Gasteiger charge is 2.59. The number of carbonyl (C=O) groups is 1. The molecule has 1 saturated carbocycles. The molecule has 0 radical (unpaired) electrons. The highest BCUT2D eigenvalue weighted by molar-refractivity contribution is 6.32. The van der Waals surface area contributed by atoms with Gasteiger partial charge in [0.2, 0.25) is 0 Å². The van der Waals surface area contributed by atoms with Crippen LogP contribution in [0.5, 0.6) is 0 Å². The Morgan fingerprint density at radius 2 is 2.22 bits per heavy atom. The topological polar surface area (TPSA) is 102 Å². The molecule has 3 aromatic rings. The van der Waals surface area contributed by atoms with E-state index in [1.54, 1.807) is 19.2 Å². The van der Waals surface area contributed by atoms with Crippen molar-refractivity contribution < 1.29 is 13.6 Å². The first-order valence-corrected chi connectivity index (χ1v) is 8.32. The predicted octanol–water partition coefficient (Wildman–Crippen LogP) is 2.53. The summed E-state index contributed by atoms with van der Waals surface area (Å²) in [5, 5.41) is 14.3. The molecule has 1 fully saturated rings. The lowest BCUT2D eigenvalue weighted by atomic mass is 10.1. The number of carbonyl (C=O) groups excluding carboxylic acids is 1. The normalized spacial score (nSPS) is 17.4. The van der Waals surface area contributed by atoms with E-state index in [2.05, 4.69) is 32.5 Å². The Bertz CT molecular complexity index is 1140. The third-order valence-electron chi connectivity index (χ3n) is 4.38. The number of aromatic nitrogens is 4. The fraction of sp³-hybridized carbons (Fsp3) is 0.235. The molecule has 1 atom stereocenters. The quantitative estimate of drug-likeness (QED) is 0.598. The van der Waals surface area contributed by atoms with Crippen LogP contribution in [-0.2, 0) is 0 Å². The second-order valence-electron chi connectivity index (χ2n) is 6.11. The van der Waals surface area contributed by atoms with Gasteiger partial charge in [-0.1, -0.05) is 17.5 Å². The standard InChI is InChI=1S/C17H13ClF2N6O/c1-22-16-14(15(21)27)11(24-25-16)4-2-8-9-7-23-26(13-6-17(13,19)20)12(9)5-3-10(8)18/h3,5,7,13H,6H2,1H3,(H2,21,27)(H2,22,24,25). The van der Waals surface area contributed by atoms with Crippen molar-refractivity contribution in [1.82, 2.24) is 20.0 Å². The van der Waals surface area contributed by atoms with Gasteiger partial charge in [0.05, 0.1) is 22.3 Å². The first kappa shape index (κ1) is 17.3. The van der Waals surface area contributed by atoms with Gasteiger partial charge in [0.15, 0.2) is 5.82 Å². The van der Waals surface area contributed by atoms with Gasteiger partial charge in [-0.3, -0.25) is 14.6 Å². The summed E-state index contributed by atoms with van der Waals surface area (Å²) in [5.41, 5.74) is 6.66. The van der Waals surface area contributed by atoms with Crippen LogP contribution < -0.4 is 11.1 Å². The number of rotatable bonds is 3. The second kappa shape index (κ2) is 5.96. The largest absolute Gasteiger partial charge is 0.371 e. The average molecular weight is 391 g/mol. The summed E-state index contributed by atoms with van der Waals surface area (Å²) >= 11 is 6.25. The van der Waals surface area contributed by atoms with Crippen molar-refractivity contribution >= 4 is 34.2 Å². The Morgan fingerprint density at radius 1 is 1.48 bits per heavy atom. The fourth-order valence-electron chi connectivity index (χ4n) is 2.91. The Morgan fingerprint density at radius 3 is 2.85 bits per heavy atom. The summed E-state index contributed by atoms with van der Waals surface area (Å²) in [5.74, 6) is 2.50. The lowest BCUT2D eigenvalue weighted by Crippen LogP contribution is -2.13. The smallest absolute Gasteiger partial charge is 0.272 e. The van der Waals surface area contributed by atoms with Gasteiger partial charge in [0.25, 0.3) is 11.8 Å². The lowest BCUT2D eigenvalue weighted by molar-refractivity contribution is 0.0988. The molecule has 7 nitrogen and oxygen atoms in total. The number of amides is 1. The molecule has 0 spiro atoms. The molecule has 1 amide bonds. The number of fused-ring (bicyclic) bond motifs is 1. The number of primary amides is 1. The van der Waals surface area contributed by atoms with Crippen molar-refractivity contribution in [2.45, 2.75) is 18.4 Å². The number of halogens is 3. The second-order valence-corrected chi connectivity index (χ2v) is 6.52. The number of benzene rings is 1. The summed E-state index contributed by atoms with van der Waals surface area (Å²) in [6.07, 6.45) is 1.22. The highest BCUT2D eigenvalue weighted by Crippen LogP contribution is 2.53. The minimum absolute atomic E-state index is 0.126. The molecule has 1 aromatic carbocycles. The van der Waals surface area contributed by atoms with Crippen LogP contribution in [0.15, 0.2) is 18.3 Å². The molecule has 138 valence electrons. The average Bonchev–Trinajstić information content (AvgIpc) is 3.00. The van der Waals surface area contributed by atoms with Gasteiger partial charge < -0.3 is 11.1 Å². The third kappa shape index (κ3) is 2.78. The summed E-state index contributed by atoms with van der Waals surface area (Å²) in [6.45, 7) is 0. The van der Waals surface area contributed by atoms with E-state index < -0.39 is 17.9 Å². The number of hydrogen-bond acceptors (Lipinski definition) is 4. The summed E-state index contributed by atoms with van der Waals surface area (Å²) in [7, 11) is 1.60. The van der Waals surface area contributed by atoms with E-state index in [4.69, 9.17) is 17.3 Å². The van der Waals surface area contributed by atoms with Gasteiger partial charge in [0.1, 0.15) is 17.3 Å². The van der Waals surface area contributed by atoms with Gasteiger partial charge in [0, 0.05) is 18.9 Å². The SMILES string of the molecule is CNc1n[nH]c(C#Cc2c(Cl)ccc3c2cnn3C2CC2(F)F)c1C(N)=O. The summed E-state index contributed by atoms with van der Waals surface area (Å²) in [4.78, 5) is 11.6. The number of H-pyrrole nitrogens is 1. The van der Waals surface area contributed by atoms with Crippen molar-refractivity contribution in [2.24, 2.45) is 5.73 Å². The van der Waals surface area contributed by atoms with Crippen molar-refractivity contribution in [3.8, 4) is 11.8 Å². The van der Waals surface area contributed by atoms with Crippen LogP contribution in [-0.4, -0.2) is 38.9 Å². The Kier molecular flexibility index (Phi) is 3.82. The van der Waals surface area contributed by atoms with Crippen molar-refractivity contribution in [3.05, 3.63) is 40.2 Å². The molecular weight excluding hydrogens is 378 g/mol. The lowest BCUT2D eigenvalue weighted by Gasteiger charge is -2.03. The van der Waals surface area contributed by atoms with E-state index >= 15 is 0 Å². The molecule has 2 heterocycles. The van der Waals surface area contributed by atoms with Crippen molar-refractivity contribution in [3.63, 3.8) is 0 Å². The van der Waals surface area contributed by atoms with Crippen LogP contribution in [0.3, 0.4) is 0 Å². The van der Waals surface area contributed by atoms with E-state index in [0.29, 0.717) is 21.5 Å². The number of aromatic amines is 1. The van der Waals surface area contributed by atoms with Crippen LogP contribution in [0.2, 0.25) is 5.02 Å². The van der Waals surface area contributed by atoms with Crippen LogP contribution in [0.1, 0.15) is 34.1 Å². The van der Waals surface area contributed by atoms with Crippen LogP contribution in [0.25, 0.3) is 10.9 Å². The molecule has 0 bridgehead atoms. The molecule has 1 aliphatic carbocycles. The monoisotopic (exact) mass is 390 g/mol. The van der Waals surface area contributed by atoms with Gasteiger partial charge in [-0.05, 0) is 18.1 Å². The van der Waals surface area contributed by atoms with Crippen LogP contribution in [0.4, 0.5) is 14.6 Å². The third-order valence-corrected chi connectivity index (χ3v) is 4.69. The summed E-state index contributed by atoms with van der Waals surface area (Å²) in [6, 6.07) is 2.26. The Balaban J connectivity index is 1.81. The van der Waals surface area contributed by atoms with Crippen LogP contribution in [0, 0.1) is 11.8 Å².